The van der Waals surface area contributed by atoms with Gasteiger partial charge in [0.15, 0.2) is 0 Å². The number of carboxylic acids is 1. The summed E-state index contributed by atoms with van der Waals surface area (Å²) in [6.07, 6.45) is -0.128. The van der Waals surface area contributed by atoms with Crippen molar-refractivity contribution < 1.29 is 19.5 Å². The zero-order valence-electron chi connectivity index (χ0n) is 11.2. The van der Waals surface area contributed by atoms with Crippen molar-refractivity contribution in [3.63, 3.8) is 0 Å². The average Bonchev–Trinajstić information content (AvgIpc) is 2.24. The highest BCUT2D eigenvalue weighted by molar-refractivity contribution is 5.86. The molecule has 0 aliphatic heterocycles. The van der Waals surface area contributed by atoms with Crippen LogP contribution in [0.2, 0.25) is 0 Å². The Morgan fingerprint density at radius 1 is 1.17 bits per heavy atom. The van der Waals surface area contributed by atoms with Crippen LogP contribution in [0.15, 0.2) is 0 Å². The largest absolute Gasteiger partial charge is 0.481 e. The summed E-state index contributed by atoms with van der Waals surface area (Å²) in [5.41, 5.74) is 0. The Labute approximate surface area is 107 Å². The number of rotatable bonds is 6. The van der Waals surface area contributed by atoms with E-state index in [1.807, 2.05) is 13.8 Å². The molecule has 104 valence electrons. The summed E-state index contributed by atoms with van der Waals surface area (Å²) in [6, 6.07) is -1.13. The summed E-state index contributed by atoms with van der Waals surface area (Å²) >= 11 is 0. The van der Waals surface area contributed by atoms with Crippen LogP contribution in [-0.2, 0) is 9.59 Å². The summed E-state index contributed by atoms with van der Waals surface area (Å²) in [5, 5.41) is 13.7. The van der Waals surface area contributed by atoms with Gasteiger partial charge in [0, 0.05) is 19.6 Å². The average molecular weight is 259 g/mol. The van der Waals surface area contributed by atoms with Gasteiger partial charge < -0.3 is 20.6 Å². The van der Waals surface area contributed by atoms with E-state index in [1.165, 1.54) is 11.9 Å². The van der Waals surface area contributed by atoms with Crippen LogP contribution in [0.25, 0.3) is 0 Å². The molecule has 1 atom stereocenters. The number of nitrogens with zero attached hydrogens (tertiary/aromatic N) is 1. The fraction of sp³-hybridized carbons (Fsp3) is 0.727. The van der Waals surface area contributed by atoms with Gasteiger partial charge in [-0.1, -0.05) is 0 Å². The van der Waals surface area contributed by atoms with E-state index >= 15 is 0 Å². The van der Waals surface area contributed by atoms with Crippen LogP contribution in [0, 0.1) is 0 Å². The van der Waals surface area contributed by atoms with Gasteiger partial charge in [-0.05, 0) is 20.8 Å². The highest BCUT2D eigenvalue weighted by Gasteiger charge is 2.18. The molecule has 3 N–H and O–H groups in total. The third-order valence-corrected chi connectivity index (χ3v) is 2.17. The summed E-state index contributed by atoms with van der Waals surface area (Å²) < 4.78 is 0. The molecule has 0 saturated carbocycles. The molecular weight excluding hydrogens is 238 g/mol. The molecule has 0 bridgehead atoms. The SMILES string of the molecule is CC(C)NC(=O)C(C)NC(=O)N(C)CCC(=O)O. The molecule has 3 amide bonds. The van der Waals surface area contributed by atoms with Crippen LogP contribution in [0.4, 0.5) is 4.79 Å². The smallest absolute Gasteiger partial charge is 0.317 e. The van der Waals surface area contributed by atoms with Crippen LogP contribution in [0.5, 0.6) is 0 Å². The van der Waals surface area contributed by atoms with Gasteiger partial charge in [-0.3, -0.25) is 9.59 Å². The summed E-state index contributed by atoms with van der Waals surface area (Å²) in [5.74, 6) is -1.25. The van der Waals surface area contributed by atoms with Gasteiger partial charge in [-0.15, -0.1) is 0 Å². The van der Waals surface area contributed by atoms with Crippen molar-refractivity contribution in [3.8, 4) is 0 Å². The Bertz CT molecular complexity index is 317. The Morgan fingerprint density at radius 3 is 2.17 bits per heavy atom. The third kappa shape index (κ3) is 6.72. The molecule has 0 aromatic heterocycles. The maximum Gasteiger partial charge on any atom is 0.317 e. The number of urea groups is 1. The van der Waals surface area contributed by atoms with E-state index in [0.717, 1.165) is 0 Å². The maximum absolute atomic E-state index is 11.6. The quantitative estimate of drug-likeness (QED) is 0.626. The molecule has 0 fully saturated rings. The van der Waals surface area contributed by atoms with Crippen LogP contribution in [-0.4, -0.2) is 53.6 Å². The van der Waals surface area contributed by atoms with Gasteiger partial charge in [0.1, 0.15) is 6.04 Å². The number of aliphatic carboxylic acids is 1. The van der Waals surface area contributed by atoms with Gasteiger partial charge in [0.05, 0.1) is 6.42 Å². The van der Waals surface area contributed by atoms with Crippen LogP contribution in [0.1, 0.15) is 27.2 Å². The van der Waals surface area contributed by atoms with Crippen molar-refractivity contribution in [2.75, 3.05) is 13.6 Å². The molecule has 0 aliphatic rings. The lowest BCUT2D eigenvalue weighted by atomic mass is 10.3. The zero-order valence-corrected chi connectivity index (χ0v) is 11.2. The van der Waals surface area contributed by atoms with E-state index in [-0.39, 0.29) is 24.9 Å². The topological polar surface area (TPSA) is 98.7 Å². The van der Waals surface area contributed by atoms with Crippen molar-refractivity contribution >= 4 is 17.9 Å². The first-order chi connectivity index (χ1) is 8.23. The Kier molecular flexibility index (Phi) is 6.77. The van der Waals surface area contributed by atoms with E-state index in [1.54, 1.807) is 6.92 Å². The molecule has 18 heavy (non-hydrogen) atoms. The maximum atomic E-state index is 11.6. The van der Waals surface area contributed by atoms with Crippen molar-refractivity contribution in [1.29, 1.82) is 0 Å². The van der Waals surface area contributed by atoms with E-state index in [2.05, 4.69) is 10.6 Å². The molecule has 0 aromatic carbocycles. The summed E-state index contributed by atoms with van der Waals surface area (Å²) in [4.78, 5) is 34.7. The lowest BCUT2D eigenvalue weighted by Gasteiger charge is -2.21. The molecule has 0 spiro atoms. The van der Waals surface area contributed by atoms with E-state index in [9.17, 15) is 14.4 Å². The first-order valence-corrected chi connectivity index (χ1v) is 5.77. The van der Waals surface area contributed by atoms with Crippen LogP contribution in [0.3, 0.4) is 0 Å². The molecule has 0 radical (unpaired) electrons. The summed E-state index contributed by atoms with van der Waals surface area (Å²) in [6.45, 7) is 5.32. The van der Waals surface area contributed by atoms with E-state index < -0.39 is 18.0 Å². The predicted molar refractivity (Wildman–Crippen MR) is 66.2 cm³/mol. The van der Waals surface area contributed by atoms with E-state index in [0.29, 0.717) is 0 Å². The second-order valence-electron chi connectivity index (χ2n) is 4.40. The lowest BCUT2D eigenvalue weighted by Crippen LogP contribution is -2.50. The fourth-order valence-electron chi connectivity index (χ4n) is 1.14. The minimum Gasteiger partial charge on any atom is -0.481 e. The fourth-order valence-corrected chi connectivity index (χ4v) is 1.14. The third-order valence-electron chi connectivity index (χ3n) is 2.17. The zero-order chi connectivity index (χ0) is 14.3. The molecular formula is C11H21N3O4. The molecule has 7 nitrogen and oxygen atoms in total. The number of carbonyl (C=O) groups excluding carboxylic acids is 2. The van der Waals surface area contributed by atoms with Crippen molar-refractivity contribution in [2.45, 2.75) is 39.3 Å². The number of hydrogen-bond donors (Lipinski definition) is 3. The lowest BCUT2D eigenvalue weighted by molar-refractivity contribution is -0.137. The number of nitrogens with one attached hydrogen (secondary N) is 2. The van der Waals surface area contributed by atoms with Gasteiger partial charge in [-0.25, -0.2) is 4.79 Å². The minimum atomic E-state index is -0.972. The molecule has 1 unspecified atom stereocenters. The number of carbonyl (C=O) groups is 3. The first kappa shape index (κ1) is 16.2. The van der Waals surface area contributed by atoms with Crippen LogP contribution >= 0.6 is 0 Å². The Hall–Kier alpha value is -1.79. The Balaban J connectivity index is 4.13. The predicted octanol–water partition coefficient (Wildman–Crippen LogP) is 0.0156. The number of hydrogen-bond acceptors (Lipinski definition) is 3. The molecule has 7 heteroatoms. The van der Waals surface area contributed by atoms with Crippen molar-refractivity contribution in [2.24, 2.45) is 0 Å². The minimum absolute atomic E-state index is 0.00147. The second-order valence-corrected chi connectivity index (χ2v) is 4.40. The normalized spacial score (nSPS) is 11.8. The molecule has 0 aromatic rings. The number of carboxylic acid groups (broad SMARTS) is 1. The van der Waals surface area contributed by atoms with Crippen LogP contribution < -0.4 is 10.6 Å². The van der Waals surface area contributed by atoms with E-state index in [4.69, 9.17) is 5.11 Å². The highest BCUT2D eigenvalue weighted by Crippen LogP contribution is 1.92. The monoisotopic (exact) mass is 259 g/mol. The molecule has 0 heterocycles. The molecule has 0 rings (SSSR count). The van der Waals surface area contributed by atoms with Gasteiger partial charge in [0.25, 0.3) is 0 Å². The van der Waals surface area contributed by atoms with Crippen molar-refractivity contribution in [3.05, 3.63) is 0 Å². The van der Waals surface area contributed by atoms with Gasteiger partial charge >= 0.3 is 12.0 Å². The Morgan fingerprint density at radius 2 is 1.72 bits per heavy atom. The highest BCUT2D eigenvalue weighted by atomic mass is 16.4. The standard InChI is InChI=1S/C11H21N3O4/c1-7(2)12-10(17)8(3)13-11(18)14(4)6-5-9(15)16/h7-8H,5-6H2,1-4H3,(H,12,17)(H,13,18)(H,15,16). The number of amides is 3. The second kappa shape index (κ2) is 7.52. The first-order valence-electron chi connectivity index (χ1n) is 5.77. The molecule has 0 aliphatic carbocycles. The van der Waals surface area contributed by atoms with Gasteiger partial charge in [0.2, 0.25) is 5.91 Å². The molecule has 0 saturated heterocycles. The van der Waals surface area contributed by atoms with Crippen molar-refractivity contribution in [1.82, 2.24) is 15.5 Å². The van der Waals surface area contributed by atoms with Gasteiger partial charge in [-0.2, -0.15) is 0 Å². The summed E-state index contributed by atoms with van der Waals surface area (Å²) in [7, 11) is 1.48.